The molecule has 42 heavy (non-hydrogen) atoms. The molecular weight excluding hydrogens is 616 g/mol. The molecule has 1 aliphatic heterocycles. The number of benzene rings is 3. The molecule has 6 rings (SSSR count). The number of carbonyl (C=O) groups excluding carboxylic acids is 1. The number of nitrogens with zero attached hydrogens (tertiary/aromatic N) is 5. The van der Waals surface area contributed by atoms with Crippen LogP contribution in [0.25, 0.3) is 16.6 Å². The quantitative estimate of drug-likeness (QED) is 0.218. The molecule has 0 unspecified atom stereocenters. The van der Waals surface area contributed by atoms with Crippen LogP contribution in [0.1, 0.15) is 35.3 Å². The van der Waals surface area contributed by atoms with Crippen LogP contribution in [0.5, 0.6) is 5.75 Å². The van der Waals surface area contributed by atoms with Gasteiger partial charge in [0, 0.05) is 32.2 Å². The first-order chi connectivity index (χ1) is 20.4. The lowest BCUT2D eigenvalue weighted by molar-refractivity contribution is -0.106. The maximum Gasteiger partial charge on any atom is 0.159 e. The molecule has 0 fully saturated rings. The van der Waals surface area contributed by atoms with Crippen LogP contribution >= 0.6 is 27.5 Å². The van der Waals surface area contributed by atoms with Gasteiger partial charge >= 0.3 is 0 Å². The molecule has 3 aromatic carbocycles. The van der Waals surface area contributed by atoms with Gasteiger partial charge in [0.05, 0.1) is 24.0 Å². The van der Waals surface area contributed by atoms with Gasteiger partial charge in [0.2, 0.25) is 0 Å². The first-order valence-electron chi connectivity index (χ1n) is 13.4. The molecular formula is C32H32BrClN6O2. The standard InChI is InChI=1S/C18H15ClN4O.C12H13BrN2.C2H4O/c1-11-21-22-17-10-20-18(12-3-5-13(19)6-4-12)15-9-14(24-2)7-8-16(15)23(11)17;1-14-5-4-9-6-10-7-11(13)2-3-12(10)15-8-9;1-2-3/h3-9H,10H2,1-2H3;2-3,6-8,14H,4-5H2,1H3;2H,1H3. The van der Waals surface area contributed by atoms with Gasteiger partial charge in [-0.05, 0) is 94.0 Å². The van der Waals surface area contributed by atoms with E-state index in [-0.39, 0.29) is 0 Å². The number of rotatable bonds is 5. The summed E-state index contributed by atoms with van der Waals surface area (Å²) in [4.78, 5) is 18.0. The SMILES string of the molecule is CC=O.CNCCc1cnc2ccc(Br)cc2c1.COc1ccc2c(c1)C(c1ccc(Cl)cc1)=NCc1nnc(C)n1-2. The largest absolute Gasteiger partial charge is 0.497 e. The lowest BCUT2D eigenvalue weighted by atomic mass is 10.00. The van der Waals surface area contributed by atoms with Gasteiger partial charge in [-0.15, -0.1) is 10.2 Å². The third-order valence-electron chi connectivity index (χ3n) is 6.45. The minimum Gasteiger partial charge on any atom is -0.497 e. The lowest BCUT2D eigenvalue weighted by Crippen LogP contribution is -2.10. The first-order valence-corrected chi connectivity index (χ1v) is 14.5. The fourth-order valence-corrected chi connectivity index (χ4v) is 5.00. The number of nitrogens with one attached hydrogen (secondary N) is 1. The monoisotopic (exact) mass is 646 g/mol. The second-order valence-electron chi connectivity index (χ2n) is 9.32. The summed E-state index contributed by atoms with van der Waals surface area (Å²) in [6.45, 7) is 4.84. The zero-order valence-corrected chi connectivity index (χ0v) is 26.3. The molecule has 3 heterocycles. The second-order valence-corrected chi connectivity index (χ2v) is 10.7. The Morgan fingerprint density at radius 2 is 1.83 bits per heavy atom. The lowest BCUT2D eigenvalue weighted by Gasteiger charge is -2.14. The van der Waals surface area contributed by atoms with E-state index in [0.717, 1.165) is 69.2 Å². The van der Waals surface area contributed by atoms with Crippen molar-refractivity contribution in [3.8, 4) is 11.4 Å². The Bertz CT molecular complexity index is 1700. The van der Waals surface area contributed by atoms with E-state index in [0.29, 0.717) is 11.6 Å². The predicted molar refractivity (Wildman–Crippen MR) is 172 cm³/mol. The van der Waals surface area contributed by atoms with Gasteiger partial charge in [0.1, 0.15) is 24.4 Å². The number of fused-ring (bicyclic) bond motifs is 4. The molecule has 1 aliphatic rings. The van der Waals surface area contributed by atoms with Crippen LogP contribution in [0.2, 0.25) is 5.02 Å². The van der Waals surface area contributed by atoms with Crippen molar-refractivity contribution in [1.82, 2.24) is 25.1 Å². The third kappa shape index (κ3) is 7.47. The van der Waals surface area contributed by atoms with Crippen molar-refractivity contribution in [2.24, 2.45) is 4.99 Å². The Morgan fingerprint density at radius 1 is 1.07 bits per heavy atom. The number of likely N-dealkylation sites (N-methyl/N-ethyl adjacent to an activating group) is 1. The maximum atomic E-state index is 8.81. The van der Waals surface area contributed by atoms with Gasteiger partial charge in [-0.2, -0.15) is 0 Å². The molecule has 2 aromatic heterocycles. The number of hydrogen-bond acceptors (Lipinski definition) is 7. The van der Waals surface area contributed by atoms with E-state index in [2.05, 4.69) is 48.6 Å². The van der Waals surface area contributed by atoms with Crippen molar-refractivity contribution in [2.45, 2.75) is 26.8 Å². The Morgan fingerprint density at radius 3 is 2.55 bits per heavy atom. The summed E-state index contributed by atoms with van der Waals surface area (Å²) in [5.74, 6) is 2.44. The molecule has 0 saturated heterocycles. The van der Waals surface area contributed by atoms with Crippen molar-refractivity contribution < 1.29 is 9.53 Å². The van der Waals surface area contributed by atoms with Gasteiger partial charge in [0.25, 0.3) is 0 Å². The number of aliphatic imine (C=N–C) groups is 1. The smallest absolute Gasteiger partial charge is 0.159 e. The second kappa shape index (κ2) is 14.8. The molecule has 0 saturated carbocycles. The summed E-state index contributed by atoms with van der Waals surface area (Å²) in [7, 11) is 3.62. The van der Waals surface area contributed by atoms with E-state index in [1.807, 2.05) is 79.3 Å². The van der Waals surface area contributed by atoms with Crippen molar-refractivity contribution in [1.29, 1.82) is 0 Å². The van der Waals surface area contributed by atoms with Crippen LogP contribution in [-0.2, 0) is 17.8 Å². The average molecular weight is 648 g/mol. The van der Waals surface area contributed by atoms with E-state index in [1.54, 1.807) is 7.11 Å². The summed E-state index contributed by atoms with van der Waals surface area (Å²) in [6.07, 6.45) is 3.72. The van der Waals surface area contributed by atoms with E-state index >= 15 is 0 Å². The van der Waals surface area contributed by atoms with Crippen LogP contribution in [-0.4, -0.2) is 52.4 Å². The highest BCUT2D eigenvalue weighted by atomic mass is 79.9. The fraction of sp³-hybridized carbons (Fsp3) is 0.219. The molecule has 10 heteroatoms. The van der Waals surface area contributed by atoms with Gasteiger partial charge in [-0.1, -0.05) is 39.7 Å². The summed E-state index contributed by atoms with van der Waals surface area (Å²) in [5, 5.41) is 13.5. The minimum absolute atomic E-state index is 0.468. The van der Waals surface area contributed by atoms with E-state index < -0.39 is 0 Å². The highest BCUT2D eigenvalue weighted by Gasteiger charge is 2.22. The summed E-state index contributed by atoms with van der Waals surface area (Å²) >= 11 is 9.49. The Hall–Kier alpha value is -3.92. The van der Waals surface area contributed by atoms with Crippen molar-refractivity contribution in [3.05, 3.63) is 111 Å². The summed E-state index contributed by atoms with van der Waals surface area (Å²) in [5.41, 5.74) is 6.20. The number of carbonyl (C=O) groups is 1. The molecule has 0 atom stereocenters. The molecule has 0 bridgehead atoms. The van der Waals surface area contributed by atoms with Crippen molar-refractivity contribution >= 4 is 50.4 Å². The summed E-state index contributed by atoms with van der Waals surface area (Å²) < 4.78 is 8.55. The van der Waals surface area contributed by atoms with Crippen LogP contribution < -0.4 is 10.1 Å². The number of halogens is 2. The van der Waals surface area contributed by atoms with Gasteiger partial charge < -0.3 is 14.8 Å². The Labute approximate surface area is 259 Å². The fourth-order valence-electron chi connectivity index (χ4n) is 4.49. The maximum absolute atomic E-state index is 8.81. The van der Waals surface area contributed by atoms with Crippen molar-refractivity contribution in [2.75, 3.05) is 20.7 Å². The van der Waals surface area contributed by atoms with Crippen LogP contribution in [0.15, 0.2) is 82.4 Å². The molecule has 1 N–H and O–H groups in total. The van der Waals surface area contributed by atoms with Crippen molar-refractivity contribution in [3.63, 3.8) is 0 Å². The zero-order valence-electron chi connectivity index (χ0n) is 23.9. The predicted octanol–water partition coefficient (Wildman–Crippen LogP) is 6.55. The van der Waals surface area contributed by atoms with Gasteiger partial charge in [-0.3, -0.25) is 14.5 Å². The van der Waals surface area contributed by atoms with Gasteiger partial charge in [0.15, 0.2) is 5.82 Å². The highest BCUT2D eigenvalue weighted by molar-refractivity contribution is 9.10. The third-order valence-corrected chi connectivity index (χ3v) is 7.20. The van der Waals surface area contributed by atoms with Crippen LogP contribution in [0.4, 0.5) is 0 Å². The Balaban J connectivity index is 0.000000193. The number of ether oxygens (including phenoxy) is 1. The topological polar surface area (TPSA) is 94.3 Å². The average Bonchev–Trinajstić information content (AvgIpc) is 3.28. The number of aromatic nitrogens is 4. The molecule has 0 radical (unpaired) electrons. The normalized spacial score (nSPS) is 11.5. The molecule has 0 aliphatic carbocycles. The molecule has 8 nitrogen and oxygen atoms in total. The molecule has 5 aromatic rings. The number of methoxy groups -OCH3 is 1. The molecule has 0 spiro atoms. The first kappa shape index (κ1) is 31.0. The van der Waals surface area contributed by atoms with Crippen LogP contribution in [0.3, 0.4) is 0 Å². The Kier molecular flexibility index (Phi) is 10.9. The summed E-state index contributed by atoms with van der Waals surface area (Å²) in [6, 6.07) is 22.0. The number of aldehydes is 1. The molecule has 0 amide bonds. The van der Waals surface area contributed by atoms with E-state index in [1.165, 1.54) is 17.9 Å². The van der Waals surface area contributed by atoms with E-state index in [4.69, 9.17) is 26.1 Å². The zero-order chi connectivity index (χ0) is 30.1. The molecule has 216 valence electrons. The van der Waals surface area contributed by atoms with Crippen LogP contribution in [0, 0.1) is 6.92 Å². The highest BCUT2D eigenvalue weighted by Crippen LogP contribution is 2.29. The van der Waals surface area contributed by atoms with Gasteiger partial charge in [-0.25, -0.2) is 0 Å². The minimum atomic E-state index is 0.468. The van der Waals surface area contributed by atoms with E-state index in [9.17, 15) is 0 Å². The number of hydrogen-bond donors (Lipinski definition) is 1. The number of pyridine rings is 1. The number of aryl methyl sites for hydroxylation is 1.